The normalized spacial score (nSPS) is 10.6. The zero-order valence-electron chi connectivity index (χ0n) is 15.8. The van der Waals surface area contributed by atoms with Gasteiger partial charge in [0.2, 0.25) is 0 Å². The molecule has 0 radical (unpaired) electrons. The van der Waals surface area contributed by atoms with Crippen LogP contribution < -0.4 is 5.32 Å². The summed E-state index contributed by atoms with van der Waals surface area (Å²) in [5.41, 5.74) is 5.40. The van der Waals surface area contributed by atoms with Gasteiger partial charge in [-0.3, -0.25) is 4.79 Å². The Kier molecular flexibility index (Phi) is 4.72. The van der Waals surface area contributed by atoms with Crippen LogP contribution in [-0.2, 0) is 0 Å². The van der Waals surface area contributed by atoms with Gasteiger partial charge in [0.05, 0.1) is 5.69 Å². The Morgan fingerprint density at radius 1 is 0.857 bits per heavy atom. The van der Waals surface area contributed by atoms with Crippen LogP contribution in [0.4, 0.5) is 5.69 Å². The van der Waals surface area contributed by atoms with Gasteiger partial charge in [0.15, 0.2) is 5.69 Å². The summed E-state index contributed by atoms with van der Waals surface area (Å²) in [5, 5.41) is 12.1. The molecule has 5 nitrogen and oxygen atoms in total. The predicted molar refractivity (Wildman–Crippen MR) is 111 cm³/mol. The molecule has 4 aromatic rings. The molecule has 0 aliphatic carbocycles. The maximum absolute atomic E-state index is 13.1. The average molecular weight is 368 g/mol. The van der Waals surface area contributed by atoms with Crippen LogP contribution in [0.15, 0.2) is 78.9 Å². The second-order valence-electron chi connectivity index (χ2n) is 6.66. The van der Waals surface area contributed by atoms with Crippen LogP contribution in [0.5, 0.6) is 0 Å². The first-order valence-electron chi connectivity index (χ1n) is 9.08. The van der Waals surface area contributed by atoms with E-state index < -0.39 is 0 Å². The highest BCUT2D eigenvalue weighted by atomic mass is 16.2. The highest BCUT2D eigenvalue weighted by Gasteiger charge is 2.21. The summed E-state index contributed by atoms with van der Waals surface area (Å²) in [6.07, 6.45) is 0. The third kappa shape index (κ3) is 3.55. The third-order valence-corrected chi connectivity index (χ3v) is 4.49. The molecule has 1 amide bonds. The van der Waals surface area contributed by atoms with Gasteiger partial charge in [0.25, 0.3) is 5.91 Å². The molecule has 4 rings (SSSR count). The van der Waals surface area contributed by atoms with Gasteiger partial charge in [-0.15, -0.1) is 10.2 Å². The molecule has 0 unspecified atom stereocenters. The molecule has 0 fully saturated rings. The van der Waals surface area contributed by atoms with Crippen molar-refractivity contribution in [2.45, 2.75) is 13.8 Å². The third-order valence-electron chi connectivity index (χ3n) is 4.49. The number of carbonyl (C=O) groups is 1. The smallest absolute Gasteiger partial charge is 0.278 e. The molecular formula is C23H20N4O. The molecule has 1 N–H and O–H groups in total. The van der Waals surface area contributed by atoms with Gasteiger partial charge in [0.1, 0.15) is 5.69 Å². The van der Waals surface area contributed by atoms with Crippen molar-refractivity contribution in [1.29, 1.82) is 0 Å². The van der Waals surface area contributed by atoms with Gasteiger partial charge in [0, 0.05) is 11.3 Å². The zero-order chi connectivity index (χ0) is 19.5. The lowest BCUT2D eigenvalue weighted by Crippen LogP contribution is -2.15. The largest absolute Gasteiger partial charge is 0.320 e. The Labute approximate surface area is 163 Å². The second kappa shape index (κ2) is 7.48. The Bertz CT molecular complexity index is 1120. The number of hydrogen-bond donors (Lipinski definition) is 1. The van der Waals surface area contributed by atoms with E-state index in [9.17, 15) is 4.79 Å². The Balaban J connectivity index is 1.76. The van der Waals surface area contributed by atoms with E-state index >= 15 is 0 Å². The van der Waals surface area contributed by atoms with Crippen molar-refractivity contribution in [1.82, 2.24) is 15.0 Å². The summed E-state index contributed by atoms with van der Waals surface area (Å²) in [4.78, 5) is 14.6. The predicted octanol–water partition coefficient (Wildman–Crippen LogP) is 4.80. The molecule has 0 aliphatic rings. The summed E-state index contributed by atoms with van der Waals surface area (Å²) in [5.74, 6) is -0.284. The van der Waals surface area contributed by atoms with E-state index in [1.54, 1.807) is 0 Å². The number of carbonyl (C=O) groups excluding carboxylic acids is 1. The number of para-hydroxylation sites is 1. The molecule has 0 aliphatic heterocycles. The topological polar surface area (TPSA) is 59.8 Å². The quantitative estimate of drug-likeness (QED) is 0.563. The molecular weight excluding hydrogens is 348 g/mol. The second-order valence-corrected chi connectivity index (χ2v) is 6.66. The monoisotopic (exact) mass is 368 g/mol. The van der Waals surface area contributed by atoms with Crippen molar-refractivity contribution in [3.63, 3.8) is 0 Å². The van der Waals surface area contributed by atoms with E-state index in [1.165, 1.54) is 4.80 Å². The van der Waals surface area contributed by atoms with Crippen molar-refractivity contribution >= 4 is 11.6 Å². The Morgan fingerprint density at radius 2 is 1.54 bits per heavy atom. The molecule has 0 bridgehead atoms. The summed E-state index contributed by atoms with van der Waals surface area (Å²) < 4.78 is 0. The SMILES string of the molecule is Cc1ccc(NC(=O)c2nn(-c3ccccc3)nc2-c2ccccc2)c(C)c1. The van der Waals surface area contributed by atoms with Gasteiger partial charge in [-0.05, 0) is 37.6 Å². The molecule has 0 spiro atoms. The van der Waals surface area contributed by atoms with Crippen LogP contribution in [0, 0.1) is 13.8 Å². The average Bonchev–Trinajstić information content (AvgIpc) is 3.17. The number of rotatable bonds is 4. The molecule has 138 valence electrons. The van der Waals surface area contributed by atoms with Gasteiger partial charge >= 0.3 is 0 Å². The maximum atomic E-state index is 13.1. The fraction of sp³-hybridized carbons (Fsp3) is 0.0870. The van der Waals surface area contributed by atoms with Gasteiger partial charge < -0.3 is 5.32 Å². The fourth-order valence-corrected chi connectivity index (χ4v) is 3.06. The summed E-state index contributed by atoms with van der Waals surface area (Å²) in [6, 6.07) is 25.1. The van der Waals surface area contributed by atoms with E-state index in [1.807, 2.05) is 92.7 Å². The first-order valence-corrected chi connectivity index (χ1v) is 9.08. The highest BCUT2D eigenvalue weighted by molar-refractivity contribution is 6.06. The van der Waals surface area contributed by atoms with Crippen molar-refractivity contribution in [3.05, 3.63) is 95.7 Å². The number of amides is 1. The van der Waals surface area contributed by atoms with Crippen molar-refractivity contribution in [3.8, 4) is 16.9 Å². The molecule has 0 saturated heterocycles. The molecule has 28 heavy (non-hydrogen) atoms. The van der Waals surface area contributed by atoms with E-state index in [-0.39, 0.29) is 11.6 Å². The first kappa shape index (κ1) is 17.7. The van der Waals surface area contributed by atoms with Gasteiger partial charge in [-0.1, -0.05) is 66.2 Å². The van der Waals surface area contributed by atoms with Crippen LogP contribution in [0.25, 0.3) is 16.9 Å². The molecule has 1 heterocycles. The summed E-state index contributed by atoms with van der Waals surface area (Å²) in [7, 11) is 0. The van der Waals surface area contributed by atoms with Gasteiger partial charge in [-0.25, -0.2) is 0 Å². The molecule has 1 aromatic heterocycles. The van der Waals surface area contributed by atoms with Crippen LogP contribution >= 0.6 is 0 Å². The lowest BCUT2D eigenvalue weighted by molar-refractivity contribution is 0.102. The number of aromatic nitrogens is 3. The maximum Gasteiger partial charge on any atom is 0.278 e. The number of aryl methyl sites for hydroxylation is 2. The Hall–Kier alpha value is -3.73. The van der Waals surface area contributed by atoms with E-state index in [4.69, 9.17) is 0 Å². The van der Waals surface area contributed by atoms with Crippen LogP contribution in [0.3, 0.4) is 0 Å². The van der Waals surface area contributed by atoms with Crippen LogP contribution in [-0.4, -0.2) is 20.9 Å². The lowest BCUT2D eigenvalue weighted by Gasteiger charge is -2.08. The standard InChI is InChI=1S/C23H20N4O/c1-16-13-14-20(17(2)15-16)24-23(28)22-21(18-9-5-3-6-10-18)25-27(26-22)19-11-7-4-8-12-19/h3-15H,1-2H3,(H,24,28). The zero-order valence-corrected chi connectivity index (χ0v) is 15.8. The summed E-state index contributed by atoms with van der Waals surface area (Å²) in [6.45, 7) is 4.00. The van der Waals surface area contributed by atoms with E-state index in [2.05, 4.69) is 15.5 Å². The minimum atomic E-state index is -0.284. The van der Waals surface area contributed by atoms with E-state index in [0.29, 0.717) is 5.69 Å². The molecule has 0 saturated carbocycles. The van der Waals surface area contributed by atoms with Crippen molar-refractivity contribution < 1.29 is 4.79 Å². The number of benzene rings is 3. The fourth-order valence-electron chi connectivity index (χ4n) is 3.06. The van der Waals surface area contributed by atoms with E-state index in [0.717, 1.165) is 28.1 Å². The number of nitrogens with zero attached hydrogens (tertiary/aromatic N) is 3. The number of anilines is 1. The Morgan fingerprint density at radius 3 is 2.21 bits per heavy atom. The van der Waals surface area contributed by atoms with Crippen molar-refractivity contribution in [2.24, 2.45) is 0 Å². The summed E-state index contributed by atoms with van der Waals surface area (Å²) >= 11 is 0. The van der Waals surface area contributed by atoms with Crippen LogP contribution in [0.1, 0.15) is 21.6 Å². The minimum Gasteiger partial charge on any atom is -0.320 e. The van der Waals surface area contributed by atoms with Gasteiger partial charge in [-0.2, -0.15) is 4.80 Å². The lowest BCUT2D eigenvalue weighted by atomic mass is 10.1. The number of nitrogens with one attached hydrogen (secondary N) is 1. The molecule has 5 heteroatoms. The number of hydrogen-bond acceptors (Lipinski definition) is 3. The van der Waals surface area contributed by atoms with Crippen molar-refractivity contribution in [2.75, 3.05) is 5.32 Å². The minimum absolute atomic E-state index is 0.284. The molecule has 0 atom stereocenters. The highest BCUT2D eigenvalue weighted by Crippen LogP contribution is 2.23. The molecule has 3 aromatic carbocycles. The van der Waals surface area contributed by atoms with Crippen LogP contribution in [0.2, 0.25) is 0 Å². The first-order chi connectivity index (χ1) is 13.6.